The van der Waals surface area contributed by atoms with E-state index in [1.54, 1.807) is 13.1 Å². The molecule has 2 atom stereocenters. The lowest BCUT2D eigenvalue weighted by molar-refractivity contribution is -0.121. The molecule has 0 fully saturated rings. The van der Waals surface area contributed by atoms with Crippen molar-refractivity contribution < 1.29 is 9.18 Å². The third-order valence-electron chi connectivity index (χ3n) is 3.56. The molecule has 0 radical (unpaired) electrons. The largest absolute Gasteiger partial charge is 0.348 e. The summed E-state index contributed by atoms with van der Waals surface area (Å²) in [4.78, 5) is 11.7. The normalized spacial score (nSPS) is 22.4. The van der Waals surface area contributed by atoms with Crippen molar-refractivity contribution in [1.29, 1.82) is 0 Å². The number of carbonyl (C=O) groups is 1. The van der Waals surface area contributed by atoms with Crippen LogP contribution in [-0.2, 0) is 11.2 Å². The maximum atomic E-state index is 13.7. The Morgan fingerprint density at radius 1 is 1.50 bits per heavy atom. The second kappa shape index (κ2) is 5.48. The van der Waals surface area contributed by atoms with Crippen molar-refractivity contribution in [3.05, 3.63) is 35.1 Å². The number of carbonyl (C=O) groups excluding carboxylic acids is 1. The summed E-state index contributed by atoms with van der Waals surface area (Å²) in [7, 11) is 1.73. The van der Waals surface area contributed by atoms with Gasteiger partial charge in [-0.1, -0.05) is 19.1 Å². The minimum atomic E-state index is -0.160. The van der Waals surface area contributed by atoms with E-state index in [0.29, 0.717) is 5.92 Å². The first-order chi connectivity index (χ1) is 8.63. The van der Waals surface area contributed by atoms with Crippen LogP contribution in [0, 0.1) is 11.7 Å². The van der Waals surface area contributed by atoms with Crippen LogP contribution < -0.4 is 10.6 Å². The third kappa shape index (κ3) is 2.53. The first-order valence-electron chi connectivity index (χ1n) is 6.34. The van der Waals surface area contributed by atoms with Gasteiger partial charge in [-0.3, -0.25) is 4.79 Å². The van der Waals surface area contributed by atoms with Gasteiger partial charge in [0.15, 0.2) is 0 Å². The smallest absolute Gasteiger partial charge is 0.234 e. The summed E-state index contributed by atoms with van der Waals surface area (Å²) in [6.45, 7) is 2.38. The minimum Gasteiger partial charge on any atom is -0.348 e. The minimum absolute atomic E-state index is 0.0496. The van der Waals surface area contributed by atoms with Crippen LogP contribution in [0.5, 0.6) is 0 Å². The van der Waals surface area contributed by atoms with Crippen LogP contribution in [0.4, 0.5) is 4.39 Å². The SMILES string of the molecule is CNCC(=O)NC1c2cccc(F)c2CCC1C. The fraction of sp³-hybridized carbons (Fsp3) is 0.500. The summed E-state index contributed by atoms with van der Waals surface area (Å²) in [5.41, 5.74) is 1.68. The fourth-order valence-corrected chi connectivity index (χ4v) is 2.58. The molecule has 0 saturated carbocycles. The Morgan fingerprint density at radius 3 is 3.00 bits per heavy atom. The molecule has 0 aromatic heterocycles. The van der Waals surface area contributed by atoms with Gasteiger partial charge in [-0.05, 0) is 43.0 Å². The van der Waals surface area contributed by atoms with Crippen molar-refractivity contribution in [3.63, 3.8) is 0 Å². The van der Waals surface area contributed by atoms with Gasteiger partial charge in [-0.2, -0.15) is 0 Å². The standard InChI is InChI=1S/C14H19FN2O/c1-9-6-7-10-11(4-3-5-12(10)15)14(9)17-13(18)8-16-2/h3-5,9,14,16H,6-8H2,1-2H3,(H,17,18). The van der Waals surface area contributed by atoms with Gasteiger partial charge in [0, 0.05) is 0 Å². The number of likely N-dealkylation sites (N-methyl/N-ethyl adjacent to an activating group) is 1. The predicted molar refractivity (Wildman–Crippen MR) is 68.7 cm³/mol. The van der Waals surface area contributed by atoms with E-state index in [1.807, 2.05) is 6.07 Å². The fourth-order valence-electron chi connectivity index (χ4n) is 2.58. The Labute approximate surface area is 107 Å². The van der Waals surface area contributed by atoms with Crippen LogP contribution in [0.1, 0.15) is 30.5 Å². The van der Waals surface area contributed by atoms with Gasteiger partial charge in [0.05, 0.1) is 12.6 Å². The van der Waals surface area contributed by atoms with Gasteiger partial charge >= 0.3 is 0 Å². The number of hydrogen-bond acceptors (Lipinski definition) is 2. The lowest BCUT2D eigenvalue weighted by Gasteiger charge is -2.32. The van der Waals surface area contributed by atoms with Crippen LogP contribution in [0.2, 0.25) is 0 Å². The van der Waals surface area contributed by atoms with Gasteiger partial charge in [0.25, 0.3) is 0 Å². The second-order valence-electron chi connectivity index (χ2n) is 4.90. The van der Waals surface area contributed by atoms with Gasteiger partial charge < -0.3 is 10.6 Å². The summed E-state index contributed by atoms with van der Waals surface area (Å²) in [5.74, 6) is 0.124. The van der Waals surface area contributed by atoms with E-state index in [9.17, 15) is 9.18 Å². The molecule has 1 aromatic carbocycles. The lowest BCUT2D eigenvalue weighted by atomic mass is 9.80. The monoisotopic (exact) mass is 250 g/mol. The third-order valence-corrected chi connectivity index (χ3v) is 3.56. The maximum absolute atomic E-state index is 13.7. The van der Waals surface area contributed by atoms with E-state index >= 15 is 0 Å². The van der Waals surface area contributed by atoms with Gasteiger partial charge in [0.2, 0.25) is 5.91 Å². The summed E-state index contributed by atoms with van der Waals surface area (Å²) in [6.07, 6.45) is 1.65. The number of benzene rings is 1. The van der Waals surface area contributed by atoms with E-state index in [0.717, 1.165) is 24.0 Å². The number of halogens is 1. The Balaban J connectivity index is 2.25. The maximum Gasteiger partial charge on any atom is 0.234 e. The quantitative estimate of drug-likeness (QED) is 0.858. The first kappa shape index (κ1) is 13.0. The molecule has 0 saturated heterocycles. The van der Waals surface area contributed by atoms with E-state index in [2.05, 4.69) is 17.6 Å². The average Bonchev–Trinajstić information content (AvgIpc) is 2.33. The molecular weight excluding hydrogens is 231 g/mol. The molecule has 1 aliphatic rings. The molecule has 3 nitrogen and oxygen atoms in total. The number of nitrogens with one attached hydrogen (secondary N) is 2. The van der Waals surface area contributed by atoms with Crippen LogP contribution in [-0.4, -0.2) is 19.5 Å². The van der Waals surface area contributed by atoms with Crippen LogP contribution >= 0.6 is 0 Å². The van der Waals surface area contributed by atoms with Crippen LogP contribution in [0.15, 0.2) is 18.2 Å². The van der Waals surface area contributed by atoms with Crippen LogP contribution in [0.3, 0.4) is 0 Å². The highest BCUT2D eigenvalue weighted by atomic mass is 19.1. The van der Waals surface area contributed by atoms with E-state index < -0.39 is 0 Å². The lowest BCUT2D eigenvalue weighted by Crippen LogP contribution is -2.39. The molecule has 2 unspecified atom stereocenters. The summed E-state index contributed by atoms with van der Waals surface area (Å²) < 4.78 is 13.7. The van der Waals surface area contributed by atoms with Crippen molar-refractivity contribution >= 4 is 5.91 Å². The number of fused-ring (bicyclic) bond motifs is 1. The summed E-state index contributed by atoms with van der Waals surface area (Å²) in [6, 6.07) is 5.04. The van der Waals surface area contributed by atoms with Crippen LogP contribution in [0.25, 0.3) is 0 Å². The first-order valence-corrected chi connectivity index (χ1v) is 6.34. The zero-order valence-corrected chi connectivity index (χ0v) is 10.8. The molecule has 0 bridgehead atoms. The van der Waals surface area contributed by atoms with E-state index in [1.165, 1.54) is 6.07 Å². The number of rotatable bonds is 3. The highest BCUT2D eigenvalue weighted by molar-refractivity contribution is 5.78. The highest BCUT2D eigenvalue weighted by Gasteiger charge is 2.29. The molecule has 18 heavy (non-hydrogen) atoms. The highest BCUT2D eigenvalue weighted by Crippen LogP contribution is 2.35. The molecule has 1 amide bonds. The van der Waals surface area contributed by atoms with Crippen molar-refractivity contribution in [2.45, 2.75) is 25.8 Å². The molecule has 1 aliphatic carbocycles. The molecule has 0 spiro atoms. The Kier molecular flexibility index (Phi) is 3.97. The molecule has 0 heterocycles. The molecule has 2 rings (SSSR count). The topological polar surface area (TPSA) is 41.1 Å². The zero-order chi connectivity index (χ0) is 13.1. The molecule has 0 aliphatic heterocycles. The van der Waals surface area contributed by atoms with Crippen molar-refractivity contribution in [1.82, 2.24) is 10.6 Å². The zero-order valence-electron chi connectivity index (χ0n) is 10.8. The molecular formula is C14H19FN2O. The van der Waals surface area contributed by atoms with Crippen molar-refractivity contribution in [2.75, 3.05) is 13.6 Å². The number of hydrogen-bond donors (Lipinski definition) is 2. The Bertz CT molecular complexity index is 447. The Morgan fingerprint density at radius 2 is 2.28 bits per heavy atom. The van der Waals surface area contributed by atoms with Gasteiger partial charge in [0.1, 0.15) is 5.82 Å². The molecule has 1 aromatic rings. The van der Waals surface area contributed by atoms with Crippen molar-refractivity contribution in [2.24, 2.45) is 5.92 Å². The molecule has 98 valence electrons. The van der Waals surface area contributed by atoms with Gasteiger partial charge in [-0.25, -0.2) is 4.39 Å². The predicted octanol–water partition coefficient (Wildman–Crippen LogP) is 1.78. The summed E-state index contributed by atoms with van der Waals surface area (Å²) in [5, 5.41) is 5.81. The van der Waals surface area contributed by atoms with Gasteiger partial charge in [-0.15, -0.1) is 0 Å². The second-order valence-corrected chi connectivity index (χ2v) is 4.90. The average molecular weight is 250 g/mol. The van der Waals surface area contributed by atoms with Crippen molar-refractivity contribution in [3.8, 4) is 0 Å². The van der Waals surface area contributed by atoms with E-state index in [4.69, 9.17) is 0 Å². The summed E-state index contributed by atoms with van der Waals surface area (Å²) >= 11 is 0. The molecule has 2 N–H and O–H groups in total. The Hall–Kier alpha value is -1.42. The van der Waals surface area contributed by atoms with E-state index in [-0.39, 0.29) is 24.3 Å². The molecule has 4 heteroatoms. The number of amides is 1.